The second-order valence-corrected chi connectivity index (χ2v) is 6.41. The summed E-state index contributed by atoms with van der Waals surface area (Å²) >= 11 is 0. The van der Waals surface area contributed by atoms with Gasteiger partial charge >= 0.3 is 0 Å². The number of nitrogens with one attached hydrogen (secondary N) is 1. The van der Waals surface area contributed by atoms with Crippen LogP contribution in [-0.4, -0.2) is 62.7 Å². The fraction of sp³-hybridized carbons (Fsp3) is 1.00. The zero-order valence-corrected chi connectivity index (χ0v) is 12.3. The molecular formula is C15H31N3. The van der Waals surface area contributed by atoms with Crippen LogP contribution in [0.25, 0.3) is 0 Å². The van der Waals surface area contributed by atoms with Crippen LogP contribution in [0, 0.1) is 5.92 Å². The molecule has 106 valence electrons. The van der Waals surface area contributed by atoms with Gasteiger partial charge in [-0.3, -0.25) is 4.90 Å². The minimum absolute atomic E-state index is 0.703. The Labute approximate surface area is 113 Å². The lowest BCUT2D eigenvalue weighted by Crippen LogP contribution is -2.54. The molecule has 2 rings (SSSR count). The van der Waals surface area contributed by atoms with Crippen LogP contribution in [0.4, 0.5) is 0 Å². The van der Waals surface area contributed by atoms with E-state index in [4.69, 9.17) is 0 Å². The Bertz CT molecular complexity index is 224. The third kappa shape index (κ3) is 4.52. The molecule has 0 radical (unpaired) electrons. The number of piperazine rings is 1. The summed E-state index contributed by atoms with van der Waals surface area (Å²) < 4.78 is 0. The highest BCUT2D eigenvalue weighted by Crippen LogP contribution is 2.22. The summed E-state index contributed by atoms with van der Waals surface area (Å²) in [5.74, 6) is 0.944. The molecule has 1 saturated heterocycles. The average Bonchev–Trinajstić information content (AvgIpc) is 2.62. The van der Waals surface area contributed by atoms with Gasteiger partial charge in [-0.15, -0.1) is 0 Å². The van der Waals surface area contributed by atoms with E-state index in [2.05, 4.69) is 29.2 Å². The van der Waals surface area contributed by atoms with E-state index in [1.54, 1.807) is 0 Å². The van der Waals surface area contributed by atoms with Crippen molar-refractivity contribution in [2.45, 2.75) is 44.6 Å². The first-order chi connectivity index (χ1) is 8.75. The van der Waals surface area contributed by atoms with Gasteiger partial charge in [0.15, 0.2) is 0 Å². The smallest absolute Gasteiger partial charge is 0.0345 e. The Morgan fingerprint density at radius 1 is 0.944 bits per heavy atom. The molecule has 3 nitrogen and oxygen atoms in total. The maximum Gasteiger partial charge on any atom is 0.0345 e. The average molecular weight is 253 g/mol. The lowest BCUT2D eigenvalue weighted by Gasteiger charge is -2.38. The Morgan fingerprint density at radius 2 is 1.67 bits per heavy atom. The van der Waals surface area contributed by atoms with Crippen LogP contribution in [0.3, 0.4) is 0 Å². The molecule has 2 aliphatic rings. The molecule has 0 aromatic carbocycles. The summed E-state index contributed by atoms with van der Waals surface area (Å²) in [5, 5.41) is 3.74. The molecule has 0 aromatic heterocycles. The number of rotatable bonds is 4. The molecule has 1 atom stereocenters. The molecule has 1 saturated carbocycles. The minimum atomic E-state index is 0.703. The molecule has 1 N–H and O–H groups in total. The van der Waals surface area contributed by atoms with E-state index >= 15 is 0 Å². The van der Waals surface area contributed by atoms with Gasteiger partial charge in [0.05, 0.1) is 0 Å². The first kappa shape index (κ1) is 14.3. The van der Waals surface area contributed by atoms with Crippen LogP contribution in [0.1, 0.15) is 38.5 Å². The van der Waals surface area contributed by atoms with Crippen molar-refractivity contribution in [3.05, 3.63) is 0 Å². The van der Waals surface area contributed by atoms with Gasteiger partial charge in [-0.25, -0.2) is 0 Å². The topological polar surface area (TPSA) is 18.5 Å². The van der Waals surface area contributed by atoms with Crippen molar-refractivity contribution in [3.63, 3.8) is 0 Å². The summed E-state index contributed by atoms with van der Waals surface area (Å²) in [7, 11) is 4.51. The van der Waals surface area contributed by atoms with Crippen molar-refractivity contribution < 1.29 is 0 Å². The van der Waals surface area contributed by atoms with Gasteiger partial charge in [0.1, 0.15) is 0 Å². The van der Waals surface area contributed by atoms with Crippen molar-refractivity contribution in [1.29, 1.82) is 0 Å². The molecule has 1 unspecified atom stereocenters. The van der Waals surface area contributed by atoms with Gasteiger partial charge in [0.25, 0.3) is 0 Å². The summed E-state index contributed by atoms with van der Waals surface area (Å²) in [5.41, 5.74) is 0. The molecular weight excluding hydrogens is 222 g/mol. The van der Waals surface area contributed by atoms with Crippen molar-refractivity contribution >= 4 is 0 Å². The van der Waals surface area contributed by atoms with Crippen LogP contribution in [0.2, 0.25) is 0 Å². The zero-order valence-electron chi connectivity index (χ0n) is 12.3. The maximum atomic E-state index is 3.74. The summed E-state index contributed by atoms with van der Waals surface area (Å²) in [6.45, 7) is 6.06. The Kier molecular flexibility index (Phi) is 5.93. The van der Waals surface area contributed by atoms with E-state index in [9.17, 15) is 0 Å². The van der Waals surface area contributed by atoms with Crippen LogP contribution in [-0.2, 0) is 0 Å². The molecule has 0 amide bonds. The van der Waals surface area contributed by atoms with Gasteiger partial charge < -0.3 is 10.2 Å². The number of likely N-dealkylation sites (N-methyl/N-ethyl adjacent to an activating group) is 2. The second-order valence-electron chi connectivity index (χ2n) is 6.41. The summed E-state index contributed by atoms with van der Waals surface area (Å²) in [6.07, 6.45) is 8.75. The quantitative estimate of drug-likeness (QED) is 0.771. The lowest BCUT2D eigenvalue weighted by atomic mass is 10.0. The third-order valence-electron chi connectivity index (χ3n) is 4.77. The monoisotopic (exact) mass is 253 g/mol. The third-order valence-corrected chi connectivity index (χ3v) is 4.77. The van der Waals surface area contributed by atoms with Gasteiger partial charge in [0, 0.05) is 32.2 Å². The SMILES string of the molecule is CN1CCN(C)C(CNCC2CCCCCC2)C1. The Balaban J connectivity index is 1.64. The normalized spacial score (nSPS) is 29.3. The van der Waals surface area contributed by atoms with Gasteiger partial charge in [0.2, 0.25) is 0 Å². The predicted octanol–water partition coefficient (Wildman–Crippen LogP) is 1.79. The van der Waals surface area contributed by atoms with E-state index < -0.39 is 0 Å². The van der Waals surface area contributed by atoms with Crippen molar-refractivity contribution in [3.8, 4) is 0 Å². The van der Waals surface area contributed by atoms with Crippen LogP contribution < -0.4 is 5.32 Å². The largest absolute Gasteiger partial charge is 0.315 e. The number of hydrogen-bond acceptors (Lipinski definition) is 3. The first-order valence-corrected chi connectivity index (χ1v) is 7.85. The van der Waals surface area contributed by atoms with E-state index in [0.29, 0.717) is 6.04 Å². The molecule has 1 heterocycles. The second kappa shape index (κ2) is 7.46. The van der Waals surface area contributed by atoms with Gasteiger partial charge in [-0.05, 0) is 39.4 Å². The van der Waals surface area contributed by atoms with Crippen LogP contribution >= 0.6 is 0 Å². The van der Waals surface area contributed by atoms with Crippen molar-refractivity contribution in [1.82, 2.24) is 15.1 Å². The fourth-order valence-corrected chi connectivity index (χ4v) is 3.34. The Hall–Kier alpha value is -0.120. The highest BCUT2D eigenvalue weighted by molar-refractivity contribution is 4.80. The van der Waals surface area contributed by atoms with Crippen LogP contribution in [0.5, 0.6) is 0 Å². The van der Waals surface area contributed by atoms with E-state index in [0.717, 1.165) is 12.5 Å². The molecule has 2 fully saturated rings. The summed E-state index contributed by atoms with van der Waals surface area (Å²) in [6, 6.07) is 0.703. The van der Waals surface area contributed by atoms with E-state index in [-0.39, 0.29) is 0 Å². The molecule has 1 aliphatic carbocycles. The first-order valence-electron chi connectivity index (χ1n) is 7.85. The molecule has 0 bridgehead atoms. The zero-order chi connectivity index (χ0) is 12.8. The van der Waals surface area contributed by atoms with Crippen molar-refractivity contribution in [2.24, 2.45) is 5.92 Å². The molecule has 0 aromatic rings. The Morgan fingerprint density at radius 3 is 2.39 bits per heavy atom. The van der Waals surface area contributed by atoms with E-state index in [1.165, 1.54) is 64.7 Å². The predicted molar refractivity (Wildman–Crippen MR) is 78.0 cm³/mol. The standard InChI is InChI=1S/C15H31N3/c1-17-9-10-18(2)15(13-17)12-16-11-14-7-5-3-4-6-8-14/h14-16H,3-13H2,1-2H3. The maximum absolute atomic E-state index is 3.74. The fourth-order valence-electron chi connectivity index (χ4n) is 3.34. The molecule has 1 aliphatic heterocycles. The lowest BCUT2D eigenvalue weighted by molar-refractivity contribution is 0.112. The van der Waals surface area contributed by atoms with E-state index in [1.807, 2.05) is 0 Å². The number of nitrogens with zero attached hydrogens (tertiary/aromatic N) is 2. The van der Waals surface area contributed by atoms with Crippen molar-refractivity contribution in [2.75, 3.05) is 46.8 Å². The van der Waals surface area contributed by atoms with Gasteiger partial charge in [-0.2, -0.15) is 0 Å². The summed E-state index contributed by atoms with van der Waals surface area (Å²) in [4.78, 5) is 4.97. The molecule has 18 heavy (non-hydrogen) atoms. The highest BCUT2D eigenvalue weighted by atomic mass is 15.3. The number of hydrogen-bond donors (Lipinski definition) is 1. The minimum Gasteiger partial charge on any atom is -0.315 e. The molecule has 3 heteroatoms. The van der Waals surface area contributed by atoms with Crippen LogP contribution in [0.15, 0.2) is 0 Å². The molecule has 0 spiro atoms. The highest BCUT2D eigenvalue weighted by Gasteiger charge is 2.22. The van der Waals surface area contributed by atoms with Gasteiger partial charge in [-0.1, -0.05) is 25.7 Å².